The molecule has 156 valence electrons. The van der Waals surface area contributed by atoms with Crippen molar-refractivity contribution in [3.05, 3.63) is 83.2 Å². The molecular weight excluding hydrogens is 376 g/mol. The maximum atomic E-state index is 12.7. The molecule has 1 aromatic heterocycles. The molecule has 0 saturated carbocycles. The number of hydrogen-bond acceptors (Lipinski definition) is 4. The van der Waals surface area contributed by atoms with Gasteiger partial charge in [-0.25, -0.2) is 0 Å². The number of anilines is 1. The number of aryl methyl sites for hydroxylation is 2. The van der Waals surface area contributed by atoms with E-state index in [2.05, 4.69) is 10.3 Å². The first-order chi connectivity index (χ1) is 14.3. The molecule has 0 aliphatic rings. The zero-order valence-corrected chi connectivity index (χ0v) is 18.1. The minimum absolute atomic E-state index is 0.114. The zero-order chi connectivity index (χ0) is 21.7. The fraction of sp³-hybridized carbons (Fsp3) is 0.280. The van der Waals surface area contributed by atoms with E-state index in [1.54, 1.807) is 6.07 Å². The quantitative estimate of drug-likeness (QED) is 0.507. The highest BCUT2D eigenvalue weighted by atomic mass is 16.5. The Kier molecular flexibility index (Phi) is 6.85. The number of para-hydroxylation sites is 1. The number of pyridine rings is 1. The van der Waals surface area contributed by atoms with Crippen LogP contribution in [-0.2, 0) is 4.74 Å². The summed E-state index contributed by atoms with van der Waals surface area (Å²) in [4.78, 5) is 17.3. The zero-order valence-electron chi connectivity index (χ0n) is 18.1. The highest BCUT2D eigenvalue weighted by Crippen LogP contribution is 2.26. The normalized spacial score (nSPS) is 11.9. The van der Waals surface area contributed by atoms with Crippen molar-refractivity contribution in [2.24, 2.45) is 0 Å². The average Bonchev–Trinajstić information content (AvgIpc) is 2.70. The Bertz CT molecular complexity index is 1010. The van der Waals surface area contributed by atoms with E-state index >= 15 is 0 Å². The summed E-state index contributed by atoms with van der Waals surface area (Å²) >= 11 is 0. The largest absolute Gasteiger partial charge is 0.457 e. The van der Waals surface area contributed by atoms with E-state index in [1.165, 1.54) is 0 Å². The summed E-state index contributed by atoms with van der Waals surface area (Å²) in [6, 6.07) is 18.8. The van der Waals surface area contributed by atoms with E-state index in [-0.39, 0.29) is 18.1 Å². The average molecular weight is 405 g/mol. The third-order valence-corrected chi connectivity index (χ3v) is 4.68. The van der Waals surface area contributed by atoms with Gasteiger partial charge in [0.05, 0.1) is 29.2 Å². The molecule has 5 nitrogen and oxygen atoms in total. The van der Waals surface area contributed by atoms with Gasteiger partial charge in [0.2, 0.25) is 0 Å². The van der Waals surface area contributed by atoms with Crippen molar-refractivity contribution in [2.45, 2.75) is 46.8 Å². The van der Waals surface area contributed by atoms with Gasteiger partial charge in [0.25, 0.3) is 5.91 Å². The Balaban J connectivity index is 1.66. The molecule has 0 saturated heterocycles. The standard InChI is InChI=1S/C25H28N2O3/c1-16(2)29-19(5)23-15-14-22(18(4)26-23)25(28)27-20-10-12-21(13-11-20)30-24-9-7-6-8-17(24)3/h6-16,19H,1-5H3,(H,27,28). The van der Waals surface area contributed by atoms with Crippen LogP contribution in [0.2, 0.25) is 0 Å². The molecule has 0 spiro atoms. The van der Waals surface area contributed by atoms with Gasteiger partial charge in [-0.05, 0) is 82.6 Å². The highest BCUT2D eigenvalue weighted by Gasteiger charge is 2.15. The lowest BCUT2D eigenvalue weighted by molar-refractivity contribution is 0.0154. The fourth-order valence-corrected chi connectivity index (χ4v) is 3.13. The van der Waals surface area contributed by atoms with E-state index in [4.69, 9.17) is 9.47 Å². The lowest BCUT2D eigenvalue weighted by Crippen LogP contribution is -2.16. The summed E-state index contributed by atoms with van der Waals surface area (Å²) in [7, 11) is 0. The topological polar surface area (TPSA) is 60.5 Å². The van der Waals surface area contributed by atoms with Crippen molar-refractivity contribution in [3.8, 4) is 11.5 Å². The number of nitrogens with one attached hydrogen (secondary N) is 1. The van der Waals surface area contributed by atoms with Gasteiger partial charge in [-0.1, -0.05) is 18.2 Å². The number of carbonyl (C=O) groups is 1. The maximum absolute atomic E-state index is 12.7. The van der Waals surface area contributed by atoms with Gasteiger partial charge in [-0.15, -0.1) is 0 Å². The Morgan fingerprint density at radius 3 is 2.27 bits per heavy atom. The number of amides is 1. The van der Waals surface area contributed by atoms with Crippen LogP contribution in [0.5, 0.6) is 11.5 Å². The van der Waals surface area contributed by atoms with Crippen molar-refractivity contribution < 1.29 is 14.3 Å². The Morgan fingerprint density at radius 1 is 0.933 bits per heavy atom. The van der Waals surface area contributed by atoms with Gasteiger partial charge in [0.15, 0.2) is 0 Å². The molecule has 1 amide bonds. The fourth-order valence-electron chi connectivity index (χ4n) is 3.13. The molecule has 5 heteroatoms. The number of benzene rings is 2. The summed E-state index contributed by atoms with van der Waals surface area (Å²) in [6.45, 7) is 9.77. The minimum Gasteiger partial charge on any atom is -0.457 e. The SMILES string of the molecule is Cc1ccccc1Oc1ccc(NC(=O)c2ccc(C(C)OC(C)C)nc2C)cc1. The maximum Gasteiger partial charge on any atom is 0.257 e. The predicted molar refractivity (Wildman–Crippen MR) is 119 cm³/mol. The van der Waals surface area contributed by atoms with Crippen LogP contribution in [0.3, 0.4) is 0 Å². The van der Waals surface area contributed by atoms with E-state index in [0.29, 0.717) is 22.7 Å². The van der Waals surface area contributed by atoms with Gasteiger partial charge in [0.1, 0.15) is 11.5 Å². The van der Waals surface area contributed by atoms with Crippen molar-refractivity contribution in [2.75, 3.05) is 5.32 Å². The van der Waals surface area contributed by atoms with Gasteiger partial charge >= 0.3 is 0 Å². The van der Waals surface area contributed by atoms with Gasteiger partial charge in [-0.3, -0.25) is 9.78 Å². The number of carbonyl (C=O) groups excluding carboxylic acids is 1. The summed E-state index contributed by atoms with van der Waals surface area (Å²) in [6.07, 6.45) is -0.00977. The predicted octanol–water partition coefficient (Wildman–Crippen LogP) is 6.23. The summed E-state index contributed by atoms with van der Waals surface area (Å²) in [5.41, 5.74) is 3.78. The number of hydrogen-bond donors (Lipinski definition) is 1. The first kappa shape index (κ1) is 21.5. The smallest absolute Gasteiger partial charge is 0.257 e. The minimum atomic E-state index is -0.198. The number of aromatic nitrogens is 1. The van der Waals surface area contributed by atoms with E-state index < -0.39 is 0 Å². The molecular formula is C25H28N2O3. The lowest BCUT2D eigenvalue weighted by atomic mass is 10.1. The molecule has 0 aliphatic carbocycles. The Morgan fingerprint density at radius 2 is 1.63 bits per heavy atom. The molecule has 0 bridgehead atoms. The van der Waals surface area contributed by atoms with Crippen molar-refractivity contribution in [1.29, 1.82) is 0 Å². The first-order valence-electron chi connectivity index (χ1n) is 10.1. The summed E-state index contributed by atoms with van der Waals surface area (Å²) in [5.74, 6) is 1.33. The van der Waals surface area contributed by atoms with Gasteiger partial charge < -0.3 is 14.8 Å². The molecule has 1 N–H and O–H groups in total. The molecule has 0 radical (unpaired) electrons. The van der Waals surface area contributed by atoms with Crippen LogP contribution in [0.1, 0.15) is 54.2 Å². The van der Waals surface area contributed by atoms with Gasteiger partial charge in [-0.2, -0.15) is 0 Å². The molecule has 3 rings (SSSR count). The van der Waals surface area contributed by atoms with Crippen LogP contribution in [0.15, 0.2) is 60.7 Å². The second kappa shape index (κ2) is 9.55. The molecule has 1 heterocycles. The lowest BCUT2D eigenvalue weighted by Gasteiger charge is -2.17. The Hall–Kier alpha value is -3.18. The van der Waals surface area contributed by atoms with Crippen molar-refractivity contribution >= 4 is 11.6 Å². The first-order valence-corrected chi connectivity index (χ1v) is 10.1. The third kappa shape index (κ3) is 5.45. The summed E-state index contributed by atoms with van der Waals surface area (Å²) < 4.78 is 11.7. The summed E-state index contributed by atoms with van der Waals surface area (Å²) in [5, 5.41) is 2.92. The van der Waals surface area contributed by atoms with Crippen LogP contribution in [0.4, 0.5) is 5.69 Å². The second-order valence-corrected chi connectivity index (χ2v) is 7.54. The molecule has 30 heavy (non-hydrogen) atoms. The van der Waals surface area contributed by atoms with Crippen LogP contribution in [0.25, 0.3) is 0 Å². The van der Waals surface area contributed by atoms with Crippen LogP contribution in [-0.4, -0.2) is 17.0 Å². The van der Waals surface area contributed by atoms with E-state index in [1.807, 2.05) is 89.2 Å². The number of rotatable bonds is 7. The third-order valence-electron chi connectivity index (χ3n) is 4.68. The Labute approximate surface area is 178 Å². The van der Waals surface area contributed by atoms with Gasteiger partial charge in [0, 0.05) is 5.69 Å². The number of ether oxygens (including phenoxy) is 2. The van der Waals surface area contributed by atoms with E-state index in [0.717, 1.165) is 17.0 Å². The monoisotopic (exact) mass is 404 g/mol. The van der Waals surface area contributed by atoms with Crippen LogP contribution >= 0.6 is 0 Å². The van der Waals surface area contributed by atoms with Crippen LogP contribution in [0, 0.1) is 13.8 Å². The highest BCUT2D eigenvalue weighted by molar-refractivity contribution is 6.05. The van der Waals surface area contributed by atoms with Crippen molar-refractivity contribution in [3.63, 3.8) is 0 Å². The number of nitrogens with zero attached hydrogens (tertiary/aromatic N) is 1. The molecule has 2 aromatic carbocycles. The molecule has 3 aromatic rings. The van der Waals surface area contributed by atoms with Crippen LogP contribution < -0.4 is 10.1 Å². The van der Waals surface area contributed by atoms with E-state index in [9.17, 15) is 4.79 Å². The second-order valence-electron chi connectivity index (χ2n) is 7.54. The molecule has 1 atom stereocenters. The van der Waals surface area contributed by atoms with Crippen molar-refractivity contribution in [1.82, 2.24) is 4.98 Å². The molecule has 0 fully saturated rings. The molecule has 1 unspecified atom stereocenters. The molecule has 0 aliphatic heterocycles.